The van der Waals surface area contributed by atoms with Gasteiger partial charge in [0.15, 0.2) is 11.6 Å². The summed E-state index contributed by atoms with van der Waals surface area (Å²) in [6, 6.07) is 17.4. The van der Waals surface area contributed by atoms with Crippen LogP contribution in [0.4, 0.5) is 4.39 Å². The molecule has 0 saturated carbocycles. The van der Waals surface area contributed by atoms with Crippen molar-refractivity contribution in [3.63, 3.8) is 0 Å². The van der Waals surface area contributed by atoms with Crippen LogP contribution >= 0.6 is 0 Å². The average molecular weight is 448 g/mol. The monoisotopic (exact) mass is 447 g/mol. The second kappa shape index (κ2) is 10.7. The molecule has 7 heteroatoms. The lowest BCUT2D eigenvalue weighted by molar-refractivity contribution is -0.143. The van der Waals surface area contributed by atoms with Gasteiger partial charge in [-0.3, -0.25) is 14.6 Å². The maximum absolute atomic E-state index is 13.7. The number of aromatic nitrogens is 1. The number of pyridine rings is 1. The molecule has 1 aromatic heterocycles. The van der Waals surface area contributed by atoms with Gasteiger partial charge in [-0.1, -0.05) is 42.5 Å². The Kier molecular flexibility index (Phi) is 7.29. The van der Waals surface area contributed by atoms with Crippen molar-refractivity contribution in [3.8, 4) is 16.9 Å². The number of carbonyl (C=O) groups is 2. The van der Waals surface area contributed by atoms with Crippen molar-refractivity contribution in [1.82, 2.24) is 15.2 Å². The van der Waals surface area contributed by atoms with E-state index in [0.29, 0.717) is 25.9 Å². The van der Waals surface area contributed by atoms with Gasteiger partial charge >= 0.3 is 0 Å². The number of ether oxygens (including phenoxy) is 1. The highest BCUT2D eigenvalue weighted by molar-refractivity contribution is 5.89. The number of piperazine rings is 1. The van der Waals surface area contributed by atoms with E-state index in [1.165, 1.54) is 6.07 Å². The molecule has 0 unspecified atom stereocenters. The molecular weight excluding hydrogens is 421 g/mol. The minimum atomic E-state index is -0.567. The van der Waals surface area contributed by atoms with E-state index in [1.54, 1.807) is 35.5 Å². The third kappa shape index (κ3) is 5.74. The van der Waals surface area contributed by atoms with E-state index < -0.39 is 11.9 Å². The first kappa shape index (κ1) is 22.5. The molecule has 2 aromatic carbocycles. The van der Waals surface area contributed by atoms with Crippen LogP contribution in [0.1, 0.15) is 18.4 Å². The topological polar surface area (TPSA) is 71.5 Å². The van der Waals surface area contributed by atoms with Gasteiger partial charge in [-0.2, -0.15) is 0 Å². The van der Waals surface area contributed by atoms with Crippen molar-refractivity contribution in [3.05, 3.63) is 84.4 Å². The van der Waals surface area contributed by atoms with Crippen molar-refractivity contribution in [1.29, 1.82) is 0 Å². The molecule has 33 heavy (non-hydrogen) atoms. The first-order valence-corrected chi connectivity index (χ1v) is 11.1. The number of amides is 2. The van der Waals surface area contributed by atoms with Gasteiger partial charge in [0.25, 0.3) is 0 Å². The number of para-hydroxylation sites is 1. The third-order valence-corrected chi connectivity index (χ3v) is 5.63. The SMILES string of the molecule is O=C1NCCN(C(=O)CCCOc2ccccc2F)[C@H]1Cc1cccc(-c2cccnc2)c1. The Morgan fingerprint density at radius 3 is 2.79 bits per heavy atom. The minimum Gasteiger partial charge on any atom is -0.491 e. The maximum atomic E-state index is 13.7. The predicted molar refractivity (Wildman–Crippen MR) is 123 cm³/mol. The van der Waals surface area contributed by atoms with Crippen molar-refractivity contribution in [2.24, 2.45) is 0 Å². The first-order valence-electron chi connectivity index (χ1n) is 11.1. The molecule has 0 spiro atoms. The molecule has 2 heterocycles. The summed E-state index contributed by atoms with van der Waals surface area (Å²) in [7, 11) is 0. The fourth-order valence-electron chi connectivity index (χ4n) is 3.96. The van der Waals surface area contributed by atoms with Crippen LogP contribution in [-0.2, 0) is 16.0 Å². The zero-order valence-electron chi connectivity index (χ0n) is 18.2. The van der Waals surface area contributed by atoms with Gasteiger partial charge in [-0.15, -0.1) is 0 Å². The first-order chi connectivity index (χ1) is 16.1. The fraction of sp³-hybridized carbons (Fsp3) is 0.269. The summed E-state index contributed by atoms with van der Waals surface area (Å²) in [5.74, 6) is -0.502. The number of benzene rings is 2. The molecule has 2 amide bonds. The van der Waals surface area contributed by atoms with Gasteiger partial charge in [0.2, 0.25) is 11.8 Å². The second-order valence-corrected chi connectivity index (χ2v) is 7.92. The van der Waals surface area contributed by atoms with E-state index in [4.69, 9.17) is 4.74 Å². The van der Waals surface area contributed by atoms with Crippen LogP contribution in [0.25, 0.3) is 11.1 Å². The number of halogens is 1. The Bertz CT molecular complexity index is 1110. The molecule has 3 aromatic rings. The van der Waals surface area contributed by atoms with E-state index in [0.717, 1.165) is 16.7 Å². The van der Waals surface area contributed by atoms with Crippen LogP contribution in [-0.4, -0.2) is 47.4 Å². The quantitative estimate of drug-likeness (QED) is 0.536. The minimum absolute atomic E-state index is 0.101. The molecule has 1 aliphatic heterocycles. The molecule has 0 aliphatic carbocycles. The normalized spacial score (nSPS) is 15.7. The number of hydrogen-bond acceptors (Lipinski definition) is 4. The van der Waals surface area contributed by atoms with Crippen LogP contribution in [0.5, 0.6) is 5.75 Å². The summed E-state index contributed by atoms with van der Waals surface area (Å²) < 4.78 is 19.1. The van der Waals surface area contributed by atoms with Crippen LogP contribution in [0.15, 0.2) is 73.1 Å². The smallest absolute Gasteiger partial charge is 0.243 e. The molecule has 0 radical (unpaired) electrons. The Labute approximate surface area is 192 Å². The lowest BCUT2D eigenvalue weighted by Crippen LogP contribution is -2.58. The van der Waals surface area contributed by atoms with Crippen molar-refractivity contribution >= 4 is 11.8 Å². The van der Waals surface area contributed by atoms with Crippen LogP contribution in [0.2, 0.25) is 0 Å². The summed E-state index contributed by atoms with van der Waals surface area (Å²) >= 11 is 0. The van der Waals surface area contributed by atoms with Gasteiger partial charge in [0, 0.05) is 38.3 Å². The Morgan fingerprint density at radius 2 is 1.97 bits per heavy atom. The van der Waals surface area contributed by atoms with Gasteiger partial charge in [-0.25, -0.2) is 4.39 Å². The maximum Gasteiger partial charge on any atom is 0.243 e. The standard InChI is InChI=1S/C26H26FN3O3/c27-22-9-1-2-10-24(22)33-15-5-11-25(31)30-14-13-29-26(32)23(30)17-19-6-3-7-20(16-19)21-8-4-12-28-18-21/h1-4,6-10,12,16,18,23H,5,11,13-15,17H2,(H,29,32)/t23-/m0/s1. The fourth-order valence-corrected chi connectivity index (χ4v) is 3.96. The zero-order valence-corrected chi connectivity index (χ0v) is 18.2. The Morgan fingerprint density at radius 1 is 1.12 bits per heavy atom. The third-order valence-electron chi connectivity index (χ3n) is 5.63. The molecule has 6 nitrogen and oxygen atoms in total. The number of carbonyl (C=O) groups excluding carboxylic acids is 2. The van der Waals surface area contributed by atoms with Crippen LogP contribution in [0, 0.1) is 5.82 Å². The van der Waals surface area contributed by atoms with Crippen molar-refractivity contribution in [2.75, 3.05) is 19.7 Å². The summed E-state index contributed by atoms with van der Waals surface area (Å²) in [5, 5.41) is 2.87. The Hall–Kier alpha value is -3.74. The average Bonchev–Trinajstić information content (AvgIpc) is 2.85. The largest absolute Gasteiger partial charge is 0.491 e. The molecule has 1 fully saturated rings. The van der Waals surface area contributed by atoms with E-state index in [9.17, 15) is 14.0 Å². The van der Waals surface area contributed by atoms with Crippen LogP contribution in [0.3, 0.4) is 0 Å². The summed E-state index contributed by atoms with van der Waals surface area (Å²) in [6.45, 7) is 1.12. The van der Waals surface area contributed by atoms with Gasteiger partial charge in [0.1, 0.15) is 6.04 Å². The van der Waals surface area contributed by atoms with Crippen molar-refractivity contribution < 1.29 is 18.7 Å². The molecule has 1 aliphatic rings. The number of hydrogen-bond donors (Lipinski definition) is 1. The van der Waals surface area contributed by atoms with E-state index in [2.05, 4.69) is 10.3 Å². The lowest BCUT2D eigenvalue weighted by atomic mass is 9.98. The van der Waals surface area contributed by atoms with Crippen LogP contribution < -0.4 is 10.1 Å². The van der Waals surface area contributed by atoms with Gasteiger partial charge in [0.05, 0.1) is 6.61 Å². The molecular formula is C26H26FN3O3. The predicted octanol–water partition coefficient (Wildman–Crippen LogP) is 3.62. The Balaban J connectivity index is 1.38. The lowest BCUT2D eigenvalue weighted by Gasteiger charge is -2.35. The number of rotatable bonds is 8. The number of nitrogens with zero attached hydrogens (tertiary/aromatic N) is 2. The molecule has 1 saturated heterocycles. The van der Waals surface area contributed by atoms with Gasteiger partial charge in [-0.05, 0) is 41.3 Å². The highest BCUT2D eigenvalue weighted by Crippen LogP contribution is 2.22. The van der Waals surface area contributed by atoms with Gasteiger partial charge < -0.3 is 15.0 Å². The molecule has 1 atom stereocenters. The zero-order chi connectivity index (χ0) is 23.0. The molecule has 4 rings (SSSR count). The number of nitrogens with one attached hydrogen (secondary N) is 1. The molecule has 170 valence electrons. The molecule has 0 bridgehead atoms. The highest BCUT2D eigenvalue weighted by atomic mass is 19.1. The summed E-state index contributed by atoms with van der Waals surface area (Å²) in [4.78, 5) is 31.4. The summed E-state index contributed by atoms with van der Waals surface area (Å²) in [6.07, 6.45) is 4.62. The van der Waals surface area contributed by atoms with E-state index in [1.807, 2.05) is 36.4 Å². The summed E-state index contributed by atoms with van der Waals surface area (Å²) in [5.41, 5.74) is 2.98. The molecule has 1 N–H and O–H groups in total. The second-order valence-electron chi connectivity index (χ2n) is 7.92. The van der Waals surface area contributed by atoms with E-state index >= 15 is 0 Å². The highest BCUT2D eigenvalue weighted by Gasteiger charge is 2.32. The van der Waals surface area contributed by atoms with Crippen molar-refractivity contribution in [2.45, 2.75) is 25.3 Å². The van der Waals surface area contributed by atoms with E-state index in [-0.39, 0.29) is 30.6 Å².